The summed E-state index contributed by atoms with van der Waals surface area (Å²) < 4.78 is 0. The Labute approximate surface area is 132 Å². The number of rotatable bonds is 4. The minimum Gasteiger partial charge on any atom is -0.344 e. The molecule has 0 aromatic rings. The van der Waals surface area contributed by atoms with Gasteiger partial charge in [0.1, 0.15) is 6.04 Å². The van der Waals surface area contributed by atoms with Crippen molar-refractivity contribution in [1.82, 2.24) is 10.2 Å². The fraction of sp³-hybridized carbons (Fsp3) is 0.875. The summed E-state index contributed by atoms with van der Waals surface area (Å²) >= 11 is 1.87. The molecule has 4 atom stereocenters. The van der Waals surface area contributed by atoms with Gasteiger partial charge in [0.15, 0.2) is 0 Å². The summed E-state index contributed by atoms with van der Waals surface area (Å²) in [6.07, 6.45) is 8.21. The molecule has 1 aliphatic carbocycles. The number of thioether (sulfide) groups is 1. The Balaban J connectivity index is 2.20. The summed E-state index contributed by atoms with van der Waals surface area (Å²) in [5, 5.41) is 3.47. The van der Waals surface area contributed by atoms with E-state index in [1.54, 1.807) is 0 Å². The molecule has 1 saturated heterocycles. The molecule has 1 N–H and O–H groups in total. The fourth-order valence-electron chi connectivity index (χ4n) is 3.48. The fourth-order valence-corrected chi connectivity index (χ4v) is 4.48. The van der Waals surface area contributed by atoms with Crippen molar-refractivity contribution in [3.8, 4) is 0 Å². The van der Waals surface area contributed by atoms with Crippen LogP contribution in [-0.2, 0) is 9.59 Å². The third-order valence-corrected chi connectivity index (χ3v) is 6.18. The van der Waals surface area contributed by atoms with Gasteiger partial charge in [-0.3, -0.25) is 9.59 Å². The van der Waals surface area contributed by atoms with Crippen LogP contribution in [0.5, 0.6) is 0 Å². The van der Waals surface area contributed by atoms with Crippen LogP contribution < -0.4 is 5.32 Å². The first-order valence-corrected chi connectivity index (χ1v) is 9.49. The summed E-state index contributed by atoms with van der Waals surface area (Å²) in [5.41, 5.74) is 0. The highest BCUT2D eigenvalue weighted by molar-refractivity contribution is 7.99. The molecule has 0 bridgehead atoms. The molecule has 2 amide bonds. The van der Waals surface area contributed by atoms with E-state index in [1.165, 1.54) is 19.3 Å². The van der Waals surface area contributed by atoms with Gasteiger partial charge >= 0.3 is 0 Å². The van der Waals surface area contributed by atoms with Gasteiger partial charge in [-0.15, -0.1) is 0 Å². The average Bonchev–Trinajstić information content (AvgIpc) is 2.66. The standard InChI is InChI=1S/C16H28N2O2S/c1-4-11(2)15-16(20)18(10-9-14(19)17-15)12-7-5-6-8-13(12)21-3/h11-13,15H,4-10H2,1-3H3,(H,17,19). The van der Waals surface area contributed by atoms with Gasteiger partial charge in [-0.25, -0.2) is 0 Å². The van der Waals surface area contributed by atoms with Crippen molar-refractivity contribution in [3.05, 3.63) is 0 Å². The number of hydrogen-bond acceptors (Lipinski definition) is 3. The molecule has 0 aromatic heterocycles. The molecular weight excluding hydrogens is 284 g/mol. The van der Waals surface area contributed by atoms with Gasteiger partial charge in [0.2, 0.25) is 11.8 Å². The maximum absolute atomic E-state index is 13.0. The molecule has 5 heteroatoms. The summed E-state index contributed by atoms with van der Waals surface area (Å²) in [7, 11) is 0. The Kier molecular flexibility index (Phi) is 5.97. The molecule has 4 unspecified atom stereocenters. The van der Waals surface area contributed by atoms with Crippen molar-refractivity contribution in [1.29, 1.82) is 0 Å². The predicted octanol–water partition coefficient (Wildman–Crippen LogP) is 2.42. The van der Waals surface area contributed by atoms with Crippen LogP contribution in [0.3, 0.4) is 0 Å². The molecule has 120 valence electrons. The van der Waals surface area contributed by atoms with Gasteiger partial charge in [0, 0.05) is 24.3 Å². The third-order valence-electron chi connectivity index (χ3n) is 5.03. The molecule has 21 heavy (non-hydrogen) atoms. The zero-order valence-electron chi connectivity index (χ0n) is 13.4. The molecule has 4 nitrogen and oxygen atoms in total. The number of carbonyl (C=O) groups excluding carboxylic acids is 2. The Hall–Kier alpha value is -0.710. The second-order valence-corrected chi connectivity index (χ2v) is 7.42. The Bertz CT molecular complexity index is 388. The molecule has 2 fully saturated rings. The van der Waals surface area contributed by atoms with Crippen molar-refractivity contribution in [2.24, 2.45) is 5.92 Å². The number of nitrogens with zero attached hydrogens (tertiary/aromatic N) is 1. The van der Waals surface area contributed by atoms with E-state index in [4.69, 9.17) is 0 Å². The summed E-state index contributed by atoms with van der Waals surface area (Å²) in [5.74, 6) is 0.354. The van der Waals surface area contributed by atoms with Crippen molar-refractivity contribution in [2.75, 3.05) is 12.8 Å². The molecule has 1 heterocycles. The van der Waals surface area contributed by atoms with E-state index < -0.39 is 0 Å². The molecule has 1 saturated carbocycles. The van der Waals surface area contributed by atoms with E-state index >= 15 is 0 Å². The first-order chi connectivity index (χ1) is 10.1. The smallest absolute Gasteiger partial charge is 0.245 e. The summed E-state index contributed by atoms with van der Waals surface area (Å²) in [6.45, 7) is 4.71. The molecule has 2 aliphatic rings. The maximum atomic E-state index is 13.0. The zero-order chi connectivity index (χ0) is 15.4. The second kappa shape index (κ2) is 7.52. The first kappa shape index (κ1) is 16.7. The predicted molar refractivity (Wildman–Crippen MR) is 87.3 cm³/mol. The number of amides is 2. The van der Waals surface area contributed by atoms with Crippen molar-refractivity contribution < 1.29 is 9.59 Å². The van der Waals surface area contributed by atoms with Crippen molar-refractivity contribution in [2.45, 2.75) is 69.7 Å². The van der Waals surface area contributed by atoms with Crippen LogP contribution in [-0.4, -0.2) is 46.8 Å². The summed E-state index contributed by atoms with van der Waals surface area (Å²) in [4.78, 5) is 26.9. The minimum absolute atomic E-state index is 0.0210. The lowest BCUT2D eigenvalue weighted by Crippen LogP contribution is -2.54. The first-order valence-electron chi connectivity index (χ1n) is 8.21. The third kappa shape index (κ3) is 3.74. The normalized spacial score (nSPS) is 32.5. The maximum Gasteiger partial charge on any atom is 0.245 e. The topological polar surface area (TPSA) is 49.4 Å². The SMILES string of the molecule is CCC(C)C1NC(=O)CCN(C2CCCCC2SC)C1=O. The molecule has 1 aliphatic heterocycles. The number of hydrogen-bond donors (Lipinski definition) is 1. The second-order valence-electron chi connectivity index (χ2n) is 6.34. The van der Waals surface area contributed by atoms with Crippen LogP contribution in [0.2, 0.25) is 0 Å². The Morgan fingerprint density at radius 3 is 2.71 bits per heavy atom. The van der Waals surface area contributed by atoms with E-state index in [0.29, 0.717) is 24.3 Å². The van der Waals surface area contributed by atoms with Gasteiger partial charge in [-0.1, -0.05) is 33.1 Å². The lowest BCUT2D eigenvalue weighted by molar-refractivity contribution is -0.137. The highest BCUT2D eigenvalue weighted by Gasteiger charge is 2.39. The average molecular weight is 312 g/mol. The van der Waals surface area contributed by atoms with Gasteiger partial charge < -0.3 is 10.2 Å². The lowest BCUT2D eigenvalue weighted by Gasteiger charge is -2.40. The lowest BCUT2D eigenvalue weighted by atomic mass is 9.91. The van der Waals surface area contributed by atoms with E-state index in [0.717, 1.165) is 12.8 Å². The summed E-state index contributed by atoms with van der Waals surface area (Å²) in [6, 6.07) is -0.0325. The van der Waals surface area contributed by atoms with Crippen LogP contribution >= 0.6 is 11.8 Å². The highest BCUT2D eigenvalue weighted by Crippen LogP contribution is 2.32. The molecular formula is C16H28N2O2S. The zero-order valence-corrected chi connectivity index (χ0v) is 14.2. The number of carbonyl (C=O) groups is 2. The minimum atomic E-state index is -0.338. The van der Waals surface area contributed by atoms with Crippen LogP contribution in [0.4, 0.5) is 0 Å². The van der Waals surface area contributed by atoms with E-state index in [1.807, 2.05) is 16.7 Å². The largest absolute Gasteiger partial charge is 0.344 e. The molecule has 2 rings (SSSR count). The van der Waals surface area contributed by atoms with Crippen LogP contribution in [0.25, 0.3) is 0 Å². The van der Waals surface area contributed by atoms with Gasteiger partial charge in [0.25, 0.3) is 0 Å². The van der Waals surface area contributed by atoms with E-state index in [-0.39, 0.29) is 23.8 Å². The quantitative estimate of drug-likeness (QED) is 0.867. The van der Waals surface area contributed by atoms with E-state index in [9.17, 15) is 9.59 Å². The Morgan fingerprint density at radius 2 is 2.05 bits per heavy atom. The molecule has 0 aromatic carbocycles. The van der Waals surface area contributed by atoms with Crippen LogP contribution in [0.15, 0.2) is 0 Å². The highest BCUT2D eigenvalue weighted by atomic mass is 32.2. The van der Waals surface area contributed by atoms with Crippen LogP contribution in [0, 0.1) is 5.92 Å². The molecule has 0 radical (unpaired) electrons. The van der Waals surface area contributed by atoms with E-state index in [2.05, 4.69) is 25.4 Å². The number of nitrogens with one attached hydrogen (secondary N) is 1. The van der Waals surface area contributed by atoms with Crippen molar-refractivity contribution >= 4 is 23.6 Å². The Morgan fingerprint density at radius 1 is 1.33 bits per heavy atom. The van der Waals surface area contributed by atoms with Crippen LogP contribution in [0.1, 0.15) is 52.4 Å². The van der Waals surface area contributed by atoms with Gasteiger partial charge in [-0.05, 0) is 25.0 Å². The monoisotopic (exact) mass is 312 g/mol. The van der Waals surface area contributed by atoms with Crippen molar-refractivity contribution in [3.63, 3.8) is 0 Å². The molecule has 0 spiro atoms. The van der Waals surface area contributed by atoms with Gasteiger partial charge in [0.05, 0.1) is 0 Å². The van der Waals surface area contributed by atoms with Gasteiger partial charge in [-0.2, -0.15) is 11.8 Å².